The van der Waals surface area contributed by atoms with Crippen LogP contribution in [0.1, 0.15) is 80.9 Å². The van der Waals surface area contributed by atoms with E-state index in [1.54, 1.807) is 0 Å². The molecule has 4 rings (SSSR count). The summed E-state index contributed by atoms with van der Waals surface area (Å²) in [4.78, 5) is 0. The number of benzene rings is 2. The van der Waals surface area contributed by atoms with Crippen molar-refractivity contribution in [3.8, 4) is 11.3 Å². The van der Waals surface area contributed by atoms with Crippen molar-refractivity contribution in [2.24, 2.45) is 7.05 Å². The standard InChI is InChI=1S/C27H34N/c1-5-19(2)22-13-14-25-24(17-22)15-16-28(4)27(25)26-18-23(12-11-20(26)3)21-9-7-6-8-10-21/h11-19,21H,5-10H2,1-4H3/q+1. The molecule has 1 saturated carbocycles. The number of hydrogen-bond donors (Lipinski definition) is 0. The van der Waals surface area contributed by atoms with Gasteiger partial charge < -0.3 is 0 Å². The predicted molar refractivity (Wildman–Crippen MR) is 120 cm³/mol. The van der Waals surface area contributed by atoms with Crippen LogP contribution in [-0.4, -0.2) is 0 Å². The van der Waals surface area contributed by atoms with Crippen LogP contribution in [0.25, 0.3) is 22.0 Å². The van der Waals surface area contributed by atoms with Gasteiger partial charge in [-0.1, -0.05) is 57.4 Å². The fraction of sp³-hybridized carbons (Fsp3) is 0.444. The second kappa shape index (κ2) is 8.07. The zero-order valence-corrected chi connectivity index (χ0v) is 18.0. The predicted octanol–water partition coefficient (Wildman–Crippen LogP) is 7.20. The number of aromatic nitrogens is 1. The van der Waals surface area contributed by atoms with Gasteiger partial charge in [-0.3, -0.25) is 0 Å². The quantitative estimate of drug-likeness (QED) is 0.426. The summed E-state index contributed by atoms with van der Waals surface area (Å²) in [5.74, 6) is 1.35. The molecule has 28 heavy (non-hydrogen) atoms. The zero-order valence-electron chi connectivity index (χ0n) is 18.0. The first kappa shape index (κ1) is 19.2. The highest BCUT2D eigenvalue weighted by atomic mass is 14.9. The summed E-state index contributed by atoms with van der Waals surface area (Å²) >= 11 is 0. The van der Waals surface area contributed by atoms with Gasteiger partial charge in [-0.15, -0.1) is 0 Å². The minimum atomic E-state index is 0.609. The average Bonchev–Trinajstić information content (AvgIpc) is 2.74. The highest BCUT2D eigenvalue weighted by Gasteiger charge is 2.21. The SMILES string of the molecule is CCC(C)c1ccc2c(-c3cc(C4CCCCC4)ccc3C)[n+](C)ccc2c1. The minimum absolute atomic E-state index is 0.609. The van der Waals surface area contributed by atoms with Gasteiger partial charge in [-0.2, -0.15) is 0 Å². The molecular weight excluding hydrogens is 338 g/mol. The van der Waals surface area contributed by atoms with Crippen LogP contribution in [0.3, 0.4) is 0 Å². The fourth-order valence-corrected chi connectivity index (χ4v) is 4.85. The van der Waals surface area contributed by atoms with Crippen molar-refractivity contribution in [2.45, 2.75) is 71.1 Å². The fourth-order valence-electron chi connectivity index (χ4n) is 4.85. The van der Waals surface area contributed by atoms with Gasteiger partial charge in [0.25, 0.3) is 0 Å². The molecule has 1 aromatic heterocycles. The van der Waals surface area contributed by atoms with E-state index in [-0.39, 0.29) is 0 Å². The van der Waals surface area contributed by atoms with Crippen molar-refractivity contribution in [3.05, 3.63) is 65.4 Å². The first-order valence-electron chi connectivity index (χ1n) is 11.1. The number of aryl methyl sites for hydroxylation is 2. The Morgan fingerprint density at radius 2 is 1.79 bits per heavy atom. The molecule has 0 bridgehead atoms. The van der Waals surface area contributed by atoms with Gasteiger partial charge in [-0.25, -0.2) is 4.57 Å². The summed E-state index contributed by atoms with van der Waals surface area (Å²) in [6, 6.07) is 16.5. The van der Waals surface area contributed by atoms with Crippen LogP contribution >= 0.6 is 0 Å². The molecular formula is C27H34N+. The van der Waals surface area contributed by atoms with Crippen molar-refractivity contribution in [1.82, 2.24) is 0 Å². The van der Waals surface area contributed by atoms with Gasteiger partial charge in [0.1, 0.15) is 7.05 Å². The number of rotatable bonds is 4. The van der Waals surface area contributed by atoms with E-state index >= 15 is 0 Å². The molecule has 0 N–H and O–H groups in total. The minimum Gasteiger partial charge on any atom is -0.200 e. The van der Waals surface area contributed by atoms with Crippen molar-refractivity contribution >= 4 is 10.8 Å². The molecule has 1 nitrogen and oxygen atoms in total. The van der Waals surface area contributed by atoms with Crippen molar-refractivity contribution in [2.75, 3.05) is 0 Å². The molecule has 1 heterocycles. The maximum Gasteiger partial charge on any atom is 0.220 e. The summed E-state index contributed by atoms with van der Waals surface area (Å²) < 4.78 is 2.30. The molecule has 2 aromatic carbocycles. The molecule has 1 atom stereocenters. The molecule has 0 aliphatic heterocycles. The van der Waals surface area contributed by atoms with E-state index in [0.717, 1.165) is 5.92 Å². The Morgan fingerprint density at radius 1 is 1.00 bits per heavy atom. The topological polar surface area (TPSA) is 3.88 Å². The lowest BCUT2D eigenvalue weighted by Crippen LogP contribution is -2.30. The Morgan fingerprint density at radius 3 is 2.54 bits per heavy atom. The van der Waals surface area contributed by atoms with Gasteiger partial charge in [0, 0.05) is 11.6 Å². The number of pyridine rings is 1. The summed E-state index contributed by atoms with van der Waals surface area (Å²) in [6.45, 7) is 6.85. The van der Waals surface area contributed by atoms with Crippen LogP contribution in [0.4, 0.5) is 0 Å². The third-order valence-electron chi connectivity index (χ3n) is 6.94. The van der Waals surface area contributed by atoms with Crippen LogP contribution in [-0.2, 0) is 7.05 Å². The maximum atomic E-state index is 2.49. The lowest BCUT2D eigenvalue weighted by atomic mass is 9.82. The normalized spacial score (nSPS) is 16.4. The largest absolute Gasteiger partial charge is 0.220 e. The van der Waals surface area contributed by atoms with Gasteiger partial charge >= 0.3 is 0 Å². The third-order valence-corrected chi connectivity index (χ3v) is 6.94. The molecule has 1 fully saturated rings. The second-order valence-corrected chi connectivity index (χ2v) is 8.84. The van der Waals surface area contributed by atoms with Gasteiger partial charge in [0.15, 0.2) is 6.20 Å². The van der Waals surface area contributed by atoms with E-state index in [1.165, 1.54) is 77.2 Å². The van der Waals surface area contributed by atoms with Gasteiger partial charge in [0.05, 0.1) is 5.39 Å². The van der Waals surface area contributed by atoms with E-state index in [0.29, 0.717) is 5.92 Å². The summed E-state index contributed by atoms with van der Waals surface area (Å²) in [7, 11) is 2.18. The summed E-state index contributed by atoms with van der Waals surface area (Å²) in [5, 5.41) is 2.72. The van der Waals surface area contributed by atoms with Gasteiger partial charge in [0.2, 0.25) is 5.69 Å². The van der Waals surface area contributed by atoms with Crippen LogP contribution in [0.5, 0.6) is 0 Å². The van der Waals surface area contributed by atoms with E-state index in [1.807, 2.05) is 0 Å². The molecule has 0 saturated heterocycles. The molecule has 3 aromatic rings. The number of nitrogens with zero attached hydrogens (tertiary/aromatic N) is 1. The Bertz CT molecular complexity index is 979. The highest BCUT2D eigenvalue weighted by molar-refractivity contribution is 5.94. The monoisotopic (exact) mass is 372 g/mol. The Balaban J connectivity index is 1.85. The summed E-state index contributed by atoms with van der Waals surface area (Å²) in [5.41, 5.74) is 7.10. The van der Waals surface area contributed by atoms with Crippen molar-refractivity contribution < 1.29 is 4.57 Å². The molecule has 0 amide bonds. The Kier molecular flexibility index (Phi) is 5.53. The lowest BCUT2D eigenvalue weighted by molar-refractivity contribution is -0.659. The molecule has 1 aliphatic carbocycles. The first-order chi connectivity index (χ1) is 13.6. The third kappa shape index (κ3) is 3.60. The highest BCUT2D eigenvalue weighted by Crippen LogP contribution is 2.36. The number of hydrogen-bond acceptors (Lipinski definition) is 0. The maximum absolute atomic E-state index is 2.49. The van der Waals surface area contributed by atoms with Crippen LogP contribution < -0.4 is 4.57 Å². The molecule has 1 heteroatoms. The molecule has 146 valence electrons. The summed E-state index contributed by atoms with van der Waals surface area (Å²) in [6.07, 6.45) is 10.3. The van der Waals surface area contributed by atoms with Crippen LogP contribution in [0, 0.1) is 6.92 Å². The number of fused-ring (bicyclic) bond motifs is 1. The average molecular weight is 373 g/mol. The Labute approximate surface area is 170 Å². The smallest absolute Gasteiger partial charge is 0.200 e. The molecule has 0 spiro atoms. The van der Waals surface area contributed by atoms with Crippen LogP contribution in [0.15, 0.2) is 48.7 Å². The van der Waals surface area contributed by atoms with Crippen molar-refractivity contribution in [3.63, 3.8) is 0 Å². The molecule has 1 unspecified atom stereocenters. The first-order valence-corrected chi connectivity index (χ1v) is 11.1. The van der Waals surface area contributed by atoms with E-state index < -0.39 is 0 Å². The Hall–Kier alpha value is -2.15. The molecule has 1 aliphatic rings. The van der Waals surface area contributed by atoms with E-state index in [4.69, 9.17) is 0 Å². The van der Waals surface area contributed by atoms with E-state index in [9.17, 15) is 0 Å². The molecule has 0 radical (unpaired) electrons. The second-order valence-electron chi connectivity index (χ2n) is 8.84. The van der Waals surface area contributed by atoms with Crippen molar-refractivity contribution in [1.29, 1.82) is 0 Å². The van der Waals surface area contributed by atoms with E-state index in [2.05, 4.69) is 81.0 Å². The zero-order chi connectivity index (χ0) is 19.7. The lowest BCUT2D eigenvalue weighted by Gasteiger charge is -2.23. The van der Waals surface area contributed by atoms with Crippen LogP contribution in [0.2, 0.25) is 0 Å². The van der Waals surface area contributed by atoms with Gasteiger partial charge in [-0.05, 0) is 72.2 Å².